The van der Waals surface area contributed by atoms with Gasteiger partial charge in [-0.2, -0.15) is 0 Å². The van der Waals surface area contributed by atoms with Gasteiger partial charge in [0.2, 0.25) is 0 Å². The molecule has 2 bridgehead atoms. The molecule has 0 radical (unpaired) electrons. The Hall–Kier alpha value is -1.81. The highest BCUT2D eigenvalue weighted by Crippen LogP contribution is 2.31. The molecule has 1 fully saturated rings. The molecule has 2 atom stereocenters. The highest BCUT2D eigenvalue weighted by Gasteiger charge is 2.39. The van der Waals surface area contributed by atoms with E-state index in [1.54, 1.807) is 18.2 Å². The number of nitrogens with two attached hydrogens (primary N) is 1. The van der Waals surface area contributed by atoms with Crippen LogP contribution in [0.2, 0.25) is 0 Å². The van der Waals surface area contributed by atoms with E-state index in [1.165, 1.54) is 5.06 Å². The normalized spacial score (nSPS) is 26.4. The van der Waals surface area contributed by atoms with Gasteiger partial charge in [0.15, 0.2) is 0 Å². The maximum Gasteiger partial charge on any atom is 0.280 e. The first-order valence-corrected chi connectivity index (χ1v) is 5.29. The number of hydrogen-bond acceptors (Lipinski definition) is 3. The third-order valence-corrected chi connectivity index (χ3v) is 2.96. The summed E-state index contributed by atoms with van der Waals surface area (Å²) in [6, 6.07) is 7.11. The van der Waals surface area contributed by atoms with E-state index in [9.17, 15) is 4.79 Å². The van der Waals surface area contributed by atoms with Crippen LogP contribution in [-0.2, 0) is 4.84 Å². The van der Waals surface area contributed by atoms with Crippen LogP contribution in [0.5, 0.6) is 0 Å². The maximum atomic E-state index is 12.1. The van der Waals surface area contributed by atoms with Crippen molar-refractivity contribution in [1.29, 1.82) is 0 Å². The van der Waals surface area contributed by atoms with Crippen LogP contribution < -0.4 is 5.73 Å². The Morgan fingerprint density at radius 2 is 2.19 bits per heavy atom. The van der Waals surface area contributed by atoms with Gasteiger partial charge in [-0.1, -0.05) is 24.3 Å². The van der Waals surface area contributed by atoms with E-state index >= 15 is 0 Å². The lowest BCUT2D eigenvalue weighted by atomic mass is 10.1. The number of anilines is 1. The predicted octanol–water partition coefficient (Wildman–Crippen LogP) is 1.35. The average molecular weight is 216 g/mol. The summed E-state index contributed by atoms with van der Waals surface area (Å²) in [6.45, 7) is 0. The summed E-state index contributed by atoms with van der Waals surface area (Å²) in [7, 11) is 0. The Balaban J connectivity index is 1.89. The van der Waals surface area contributed by atoms with E-state index in [0.29, 0.717) is 11.3 Å². The quantitative estimate of drug-likeness (QED) is 0.569. The van der Waals surface area contributed by atoms with Crippen LogP contribution in [0.1, 0.15) is 16.8 Å². The van der Waals surface area contributed by atoms with Crippen molar-refractivity contribution >= 4 is 11.6 Å². The van der Waals surface area contributed by atoms with Crippen molar-refractivity contribution in [3.63, 3.8) is 0 Å². The lowest BCUT2D eigenvalue weighted by Gasteiger charge is -2.23. The van der Waals surface area contributed by atoms with Crippen molar-refractivity contribution in [3.05, 3.63) is 42.0 Å². The van der Waals surface area contributed by atoms with Gasteiger partial charge < -0.3 is 5.73 Å². The molecule has 4 nitrogen and oxygen atoms in total. The number of nitrogens with zero attached hydrogens (tertiary/aromatic N) is 1. The summed E-state index contributed by atoms with van der Waals surface area (Å²) in [5, 5.41) is 1.43. The molecule has 82 valence electrons. The number of carbonyl (C=O) groups excluding carboxylic acids is 1. The summed E-state index contributed by atoms with van der Waals surface area (Å²) in [6.07, 6.45) is 4.91. The molecule has 1 amide bonds. The minimum atomic E-state index is -0.157. The Labute approximate surface area is 93.2 Å². The summed E-state index contributed by atoms with van der Waals surface area (Å²) in [5.41, 5.74) is 6.76. The number of rotatable bonds is 1. The summed E-state index contributed by atoms with van der Waals surface area (Å²) in [5.74, 6) is -0.157. The number of carbonyl (C=O) groups is 1. The van der Waals surface area contributed by atoms with E-state index in [-0.39, 0.29) is 18.1 Å². The van der Waals surface area contributed by atoms with Gasteiger partial charge in [-0.15, -0.1) is 0 Å². The van der Waals surface area contributed by atoms with Crippen LogP contribution in [0.4, 0.5) is 5.69 Å². The van der Waals surface area contributed by atoms with Crippen LogP contribution >= 0.6 is 0 Å². The number of amides is 1. The van der Waals surface area contributed by atoms with Crippen molar-refractivity contribution in [1.82, 2.24) is 5.06 Å². The lowest BCUT2D eigenvalue weighted by molar-refractivity contribution is -0.114. The number of benzene rings is 1. The van der Waals surface area contributed by atoms with Crippen molar-refractivity contribution in [2.75, 3.05) is 5.73 Å². The second-order valence-electron chi connectivity index (χ2n) is 4.05. The van der Waals surface area contributed by atoms with Crippen LogP contribution in [0, 0.1) is 0 Å². The van der Waals surface area contributed by atoms with E-state index in [4.69, 9.17) is 10.6 Å². The second-order valence-corrected chi connectivity index (χ2v) is 4.05. The fourth-order valence-electron chi connectivity index (χ4n) is 2.13. The second kappa shape index (κ2) is 3.35. The Bertz CT molecular complexity index is 470. The molecule has 1 aliphatic heterocycles. The summed E-state index contributed by atoms with van der Waals surface area (Å²) < 4.78 is 0. The van der Waals surface area contributed by atoms with Gasteiger partial charge in [-0.25, -0.2) is 5.06 Å². The Morgan fingerprint density at radius 1 is 1.38 bits per heavy atom. The fraction of sp³-hybridized carbons (Fsp3) is 0.250. The van der Waals surface area contributed by atoms with Crippen molar-refractivity contribution in [2.45, 2.75) is 18.6 Å². The maximum absolute atomic E-state index is 12.1. The molecule has 0 saturated carbocycles. The largest absolute Gasteiger partial charge is 0.398 e. The van der Waals surface area contributed by atoms with Crippen LogP contribution in [-0.4, -0.2) is 23.1 Å². The number of fused-ring (bicyclic) bond motifs is 2. The van der Waals surface area contributed by atoms with Gasteiger partial charge >= 0.3 is 0 Å². The number of para-hydroxylation sites is 1. The third-order valence-electron chi connectivity index (χ3n) is 2.96. The first-order valence-electron chi connectivity index (χ1n) is 5.29. The molecule has 2 N–H and O–H groups in total. The average Bonchev–Trinajstić information content (AvgIpc) is 2.90. The molecule has 2 aliphatic rings. The van der Waals surface area contributed by atoms with Crippen LogP contribution in [0.25, 0.3) is 0 Å². The Morgan fingerprint density at radius 3 is 2.81 bits per heavy atom. The monoisotopic (exact) mass is 216 g/mol. The third kappa shape index (κ3) is 1.31. The Kier molecular flexibility index (Phi) is 1.97. The van der Waals surface area contributed by atoms with Crippen molar-refractivity contribution in [2.24, 2.45) is 0 Å². The number of nitrogen functional groups attached to an aromatic ring is 1. The minimum absolute atomic E-state index is 0.0545. The van der Waals surface area contributed by atoms with Gasteiger partial charge in [-0.05, 0) is 12.1 Å². The van der Waals surface area contributed by atoms with Gasteiger partial charge in [0.05, 0.1) is 11.6 Å². The van der Waals surface area contributed by atoms with E-state index in [1.807, 2.05) is 18.2 Å². The van der Waals surface area contributed by atoms with Gasteiger partial charge in [0.25, 0.3) is 5.91 Å². The fourth-order valence-corrected chi connectivity index (χ4v) is 2.13. The SMILES string of the molecule is Nc1ccccc1C(=O)N1O[C@H]2C=C[C@@H]1C2. The molecular weight excluding hydrogens is 204 g/mol. The number of hydroxylamine groups is 2. The smallest absolute Gasteiger partial charge is 0.280 e. The molecule has 1 saturated heterocycles. The molecule has 1 aliphatic carbocycles. The molecule has 4 heteroatoms. The first-order chi connectivity index (χ1) is 7.75. The van der Waals surface area contributed by atoms with E-state index < -0.39 is 0 Å². The minimum Gasteiger partial charge on any atom is -0.398 e. The molecule has 0 unspecified atom stereocenters. The van der Waals surface area contributed by atoms with Crippen LogP contribution in [0.15, 0.2) is 36.4 Å². The predicted molar refractivity (Wildman–Crippen MR) is 59.4 cm³/mol. The molecule has 1 aromatic rings. The zero-order valence-corrected chi connectivity index (χ0v) is 8.67. The first kappa shape index (κ1) is 9.42. The van der Waals surface area contributed by atoms with Gasteiger partial charge in [0.1, 0.15) is 6.10 Å². The zero-order chi connectivity index (χ0) is 11.1. The molecular formula is C12H12N2O2. The molecule has 0 spiro atoms. The van der Waals surface area contributed by atoms with E-state index in [0.717, 1.165) is 6.42 Å². The highest BCUT2D eigenvalue weighted by atomic mass is 16.7. The van der Waals surface area contributed by atoms with Crippen molar-refractivity contribution in [3.8, 4) is 0 Å². The zero-order valence-electron chi connectivity index (χ0n) is 8.67. The standard InChI is InChI=1S/C12H12N2O2/c13-11-4-2-1-3-10(11)12(15)14-8-5-6-9(7-8)16-14/h1-6,8-9H,7,13H2/t8-,9+/m1/s1. The molecule has 0 aromatic heterocycles. The molecule has 16 heavy (non-hydrogen) atoms. The molecule has 1 aromatic carbocycles. The molecule has 3 rings (SSSR count). The van der Waals surface area contributed by atoms with Gasteiger partial charge in [-0.3, -0.25) is 9.63 Å². The van der Waals surface area contributed by atoms with Crippen LogP contribution in [0.3, 0.4) is 0 Å². The molecule has 1 heterocycles. The van der Waals surface area contributed by atoms with E-state index in [2.05, 4.69) is 0 Å². The summed E-state index contributed by atoms with van der Waals surface area (Å²) in [4.78, 5) is 17.6. The van der Waals surface area contributed by atoms with Gasteiger partial charge in [0, 0.05) is 12.1 Å². The lowest BCUT2D eigenvalue weighted by Crippen LogP contribution is -2.35. The topological polar surface area (TPSA) is 55.6 Å². The van der Waals surface area contributed by atoms with Crippen molar-refractivity contribution < 1.29 is 9.63 Å². The number of hydrogen-bond donors (Lipinski definition) is 1. The highest BCUT2D eigenvalue weighted by molar-refractivity contribution is 5.98. The summed E-state index contributed by atoms with van der Waals surface area (Å²) >= 11 is 0.